The van der Waals surface area contributed by atoms with E-state index in [2.05, 4.69) is 30.6 Å². The first kappa shape index (κ1) is 22.8. The first-order chi connectivity index (χ1) is 16.7. The first-order valence-electron chi connectivity index (χ1n) is 12.0. The summed E-state index contributed by atoms with van der Waals surface area (Å²) in [5.41, 5.74) is 1.94. The third-order valence-electron chi connectivity index (χ3n) is 6.77. The summed E-state index contributed by atoms with van der Waals surface area (Å²) < 4.78 is 7.31. The van der Waals surface area contributed by atoms with Gasteiger partial charge in [-0.05, 0) is 31.6 Å². The zero-order valence-corrected chi connectivity index (χ0v) is 19.2. The Bertz CT molecular complexity index is 1100. The zero-order chi connectivity index (χ0) is 23.3. The summed E-state index contributed by atoms with van der Waals surface area (Å²) in [7, 11) is 0. The van der Waals surface area contributed by atoms with Crippen molar-refractivity contribution in [3.63, 3.8) is 0 Å². The fourth-order valence-electron chi connectivity index (χ4n) is 4.74. The number of hydrogen-bond donors (Lipinski definition) is 4. The Balaban J connectivity index is 1.30. The normalized spacial score (nSPS) is 21.6. The molecular weight excluding hydrogens is 436 g/mol. The lowest BCUT2D eigenvalue weighted by atomic mass is 9.86. The van der Waals surface area contributed by atoms with Crippen molar-refractivity contribution in [2.45, 2.75) is 38.3 Å². The fourth-order valence-corrected chi connectivity index (χ4v) is 4.74. The molecule has 1 saturated heterocycles. The van der Waals surface area contributed by atoms with Gasteiger partial charge in [0.05, 0.1) is 37.0 Å². The van der Waals surface area contributed by atoms with Gasteiger partial charge in [0.2, 0.25) is 5.95 Å². The molecule has 11 heteroatoms. The molecular formula is C23H32N8O3. The molecule has 3 aromatic heterocycles. The Morgan fingerprint density at radius 3 is 2.76 bits per heavy atom. The van der Waals surface area contributed by atoms with E-state index in [0.29, 0.717) is 34.3 Å². The number of aromatic nitrogens is 5. The highest BCUT2D eigenvalue weighted by molar-refractivity contribution is 6.02. The van der Waals surface area contributed by atoms with Gasteiger partial charge in [0.25, 0.3) is 0 Å². The van der Waals surface area contributed by atoms with E-state index in [9.17, 15) is 9.90 Å². The van der Waals surface area contributed by atoms with Crippen LogP contribution in [0.2, 0.25) is 0 Å². The number of aromatic amines is 1. The van der Waals surface area contributed by atoms with Crippen molar-refractivity contribution >= 4 is 34.8 Å². The van der Waals surface area contributed by atoms with Gasteiger partial charge in [-0.25, -0.2) is 0 Å². The molecule has 182 valence electrons. The molecule has 2 fully saturated rings. The number of aldehydes is 1. The molecule has 5 rings (SSSR count). The maximum absolute atomic E-state index is 11.6. The molecule has 0 unspecified atom stereocenters. The molecule has 0 aromatic carbocycles. The molecule has 3 aromatic rings. The van der Waals surface area contributed by atoms with Gasteiger partial charge >= 0.3 is 0 Å². The van der Waals surface area contributed by atoms with Crippen molar-refractivity contribution in [2.75, 3.05) is 50.1 Å². The largest absolute Gasteiger partial charge is 0.396 e. The lowest BCUT2D eigenvalue weighted by molar-refractivity contribution is 0.0360. The predicted molar refractivity (Wildman–Crippen MR) is 128 cm³/mol. The second kappa shape index (κ2) is 10.5. The van der Waals surface area contributed by atoms with Gasteiger partial charge < -0.3 is 25.5 Å². The maximum atomic E-state index is 11.6. The SMILES string of the molecule is O=Cc1c[nH]c2nc(Nc3cnn(CCN4CCOCC4)c3)nc(NC3CCC(CO)CC3)c12. The van der Waals surface area contributed by atoms with Crippen molar-refractivity contribution in [3.05, 3.63) is 24.2 Å². The van der Waals surface area contributed by atoms with E-state index < -0.39 is 0 Å². The Morgan fingerprint density at radius 1 is 1.18 bits per heavy atom. The van der Waals surface area contributed by atoms with E-state index >= 15 is 0 Å². The molecule has 2 aliphatic rings. The van der Waals surface area contributed by atoms with Gasteiger partial charge in [-0.3, -0.25) is 14.4 Å². The van der Waals surface area contributed by atoms with Crippen LogP contribution in [0.1, 0.15) is 36.0 Å². The van der Waals surface area contributed by atoms with Crippen molar-refractivity contribution in [2.24, 2.45) is 5.92 Å². The van der Waals surface area contributed by atoms with Crippen LogP contribution in [0.25, 0.3) is 11.0 Å². The van der Waals surface area contributed by atoms with Crippen LogP contribution < -0.4 is 10.6 Å². The summed E-state index contributed by atoms with van der Waals surface area (Å²) >= 11 is 0. The lowest BCUT2D eigenvalue weighted by Gasteiger charge is -2.28. The van der Waals surface area contributed by atoms with Crippen LogP contribution in [0.3, 0.4) is 0 Å². The summed E-state index contributed by atoms with van der Waals surface area (Å²) in [6, 6.07) is 0.242. The number of hydrogen-bond acceptors (Lipinski definition) is 9. The van der Waals surface area contributed by atoms with Crippen molar-refractivity contribution in [1.82, 2.24) is 29.6 Å². The van der Waals surface area contributed by atoms with Crippen molar-refractivity contribution in [3.8, 4) is 0 Å². The predicted octanol–water partition coefficient (Wildman–Crippen LogP) is 2.01. The number of morpholine rings is 1. The van der Waals surface area contributed by atoms with Crippen LogP contribution in [0.4, 0.5) is 17.5 Å². The van der Waals surface area contributed by atoms with Gasteiger partial charge in [-0.1, -0.05) is 0 Å². The van der Waals surface area contributed by atoms with E-state index in [1.807, 2.05) is 10.9 Å². The molecule has 4 N–H and O–H groups in total. The monoisotopic (exact) mass is 468 g/mol. The highest BCUT2D eigenvalue weighted by atomic mass is 16.5. The third-order valence-corrected chi connectivity index (χ3v) is 6.77. The van der Waals surface area contributed by atoms with Gasteiger partial charge in [0.15, 0.2) is 6.29 Å². The highest BCUT2D eigenvalue weighted by Gasteiger charge is 2.23. The molecule has 1 aliphatic heterocycles. The van der Waals surface area contributed by atoms with Crippen LogP contribution in [0, 0.1) is 5.92 Å². The number of nitrogens with zero attached hydrogens (tertiary/aromatic N) is 5. The number of rotatable bonds is 9. The molecule has 0 spiro atoms. The van der Waals surface area contributed by atoms with Crippen LogP contribution in [0.5, 0.6) is 0 Å². The molecule has 0 atom stereocenters. The standard InChI is InChI=1S/C23H32N8O3/c32-14-16-1-3-18(4-2-16)26-22-20-17(15-33)11-24-21(20)28-23(29-22)27-19-12-25-31(13-19)6-5-30-7-9-34-10-8-30/h11-13,15-16,18,32H,1-10,14H2,(H3,24,26,27,28,29). The molecule has 1 aliphatic carbocycles. The van der Waals surface area contributed by atoms with Crippen molar-refractivity contribution in [1.29, 1.82) is 0 Å². The zero-order valence-electron chi connectivity index (χ0n) is 19.2. The smallest absolute Gasteiger partial charge is 0.231 e. The number of anilines is 3. The van der Waals surface area contributed by atoms with Gasteiger partial charge in [0.1, 0.15) is 11.5 Å². The van der Waals surface area contributed by atoms with Crippen LogP contribution in [0.15, 0.2) is 18.6 Å². The highest BCUT2D eigenvalue weighted by Crippen LogP contribution is 2.30. The van der Waals surface area contributed by atoms with E-state index in [1.165, 1.54) is 0 Å². The van der Waals surface area contributed by atoms with Crippen LogP contribution in [-0.4, -0.2) is 86.5 Å². The van der Waals surface area contributed by atoms with Gasteiger partial charge in [0, 0.05) is 50.2 Å². The summed E-state index contributed by atoms with van der Waals surface area (Å²) in [6.07, 6.45) is 10.1. The van der Waals surface area contributed by atoms with Crippen LogP contribution >= 0.6 is 0 Å². The summed E-state index contributed by atoms with van der Waals surface area (Å²) in [5.74, 6) is 1.45. The number of carbonyl (C=O) groups excluding carboxylic acids is 1. The topological polar surface area (TPSA) is 133 Å². The average Bonchev–Trinajstić information content (AvgIpc) is 3.50. The number of aliphatic hydroxyl groups excluding tert-OH is 1. The Hall–Kier alpha value is -3.02. The molecule has 34 heavy (non-hydrogen) atoms. The molecule has 11 nitrogen and oxygen atoms in total. The van der Waals surface area contributed by atoms with E-state index in [-0.39, 0.29) is 12.6 Å². The van der Waals surface area contributed by atoms with E-state index in [0.717, 1.165) is 77.0 Å². The quantitative estimate of drug-likeness (QED) is 0.348. The number of ether oxygens (including phenoxy) is 1. The van der Waals surface area contributed by atoms with Gasteiger partial charge in [-0.2, -0.15) is 15.1 Å². The number of fused-ring (bicyclic) bond motifs is 1. The first-order valence-corrected chi connectivity index (χ1v) is 12.0. The third kappa shape index (κ3) is 5.21. The second-order valence-electron chi connectivity index (χ2n) is 9.10. The minimum absolute atomic E-state index is 0.242. The number of H-pyrrole nitrogens is 1. The van der Waals surface area contributed by atoms with E-state index in [1.54, 1.807) is 12.4 Å². The molecule has 0 radical (unpaired) electrons. The van der Waals surface area contributed by atoms with E-state index in [4.69, 9.17) is 9.72 Å². The minimum Gasteiger partial charge on any atom is -0.396 e. The maximum Gasteiger partial charge on any atom is 0.231 e. The molecule has 1 saturated carbocycles. The summed E-state index contributed by atoms with van der Waals surface area (Å²) in [5, 5.41) is 21.4. The average molecular weight is 469 g/mol. The molecule has 0 bridgehead atoms. The summed E-state index contributed by atoms with van der Waals surface area (Å²) in [6.45, 7) is 5.45. The van der Waals surface area contributed by atoms with Gasteiger partial charge in [-0.15, -0.1) is 0 Å². The Kier molecular flexibility index (Phi) is 7.02. The lowest BCUT2D eigenvalue weighted by Crippen LogP contribution is -2.38. The number of nitrogens with one attached hydrogen (secondary N) is 3. The number of carbonyl (C=O) groups is 1. The number of aliphatic hydroxyl groups is 1. The fraction of sp³-hybridized carbons (Fsp3) is 0.565. The second-order valence-corrected chi connectivity index (χ2v) is 9.10. The Morgan fingerprint density at radius 2 is 2.00 bits per heavy atom. The molecule has 4 heterocycles. The minimum atomic E-state index is 0.242. The summed E-state index contributed by atoms with van der Waals surface area (Å²) in [4.78, 5) is 26.4. The Labute approximate surface area is 197 Å². The van der Waals surface area contributed by atoms with Crippen LogP contribution in [-0.2, 0) is 11.3 Å². The molecule has 0 amide bonds. The van der Waals surface area contributed by atoms with Crippen molar-refractivity contribution < 1.29 is 14.6 Å².